The Kier molecular flexibility index (Phi) is 5.25. The van der Waals surface area contributed by atoms with E-state index in [0.29, 0.717) is 11.0 Å². The molecule has 0 spiro atoms. The van der Waals surface area contributed by atoms with E-state index in [4.69, 9.17) is 0 Å². The molecule has 0 aliphatic heterocycles. The van der Waals surface area contributed by atoms with Crippen molar-refractivity contribution in [3.8, 4) is 11.1 Å². The van der Waals surface area contributed by atoms with E-state index < -0.39 is 21.8 Å². The SMILES string of the molecule is CN(C)S(=O)(=O)Nc1cccc(C(=O)c2c[nH]c3ncc(-c4cccnc4)cc23)c1F. The van der Waals surface area contributed by atoms with E-state index in [2.05, 4.69) is 19.7 Å². The molecule has 0 aliphatic carbocycles. The van der Waals surface area contributed by atoms with E-state index >= 15 is 4.39 Å². The average Bonchev–Trinajstić information content (AvgIpc) is 3.18. The lowest BCUT2D eigenvalue weighted by molar-refractivity contribution is 0.103. The first-order valence-electron chi connectivity index (χ1n) is 9.19. The van der Waals surface area contributed by atoms with E-state index in [1.165, 1.54) is 38.5 Å². The van der Waals surface area contributed by atoms with Crippen LogP contribution in [0.4, 0.5) is 10.1 Å². The summed E-state index contributed by atoms with van der Waals surface area (Å²) in [4.78, 5) is 24.5. The van der Waals surface area contributed by atoms with Crippen molar-refractivity contribution in [2.45, 2.75) is 0 Å². The summed E-state index contributed by atoms with van der Waals surface area (Å²) in [7, 11) is -1.30. The molecule has 0 saturated carbocycles. The molecule has 0 fully saturated rings. The predicted molar refractivity (Wildman–Crippen MR) is 115 cm³/mol. The van der Waals surface area contributed by atoms with Crippen molar-refractivity contribution < 1.29 is 17.6 Å². The summed E-state index contributed by atoms with van der Waals surface area (Å²) in [5.41, 5.74) is 1.70. The smallest absolute Gasteiger partial charge is 0.301 e. The summed E-state index contributed by atoms with van der Waals surface area (Å²) >= 11 is 0. The lowest BCUT2D eigenvalue weighted by Gasteiger charge is -2.14. The summed E-state index contributed by atoms with van der Waals surface area (Å²) in [5, 5.41) is 0.519. The van der Waals surface area contributed by atoms with Crippen molar-refractivity contribution >= 4 is 32.7 Å². The van der Waals surface area contributed by atoms with Gasteiger partial charge < -0.3 is 4.98 Å². The highest BCUT2D eigenvalue weighted by atomic mass is 32.2. The van der Waals surface area contributed by atoms with Crippen LogP contribution in [0.5, 0.6) is 0 Å². The largest absolute Gasteiger partial charge is 0.345 e. The van der Waals surface area contributed by atoms with E-state index in [0.717, 1.165) is 15.4 Å². The van der Waals surface area contributed by atoms with Crippen molar-refractivity contribution in [1.29, 1.82) is 0 Å². The Hall–Kier alpha value is -3.63. The minimum Gasteiger partial charge on any atom is -0.345 e. The van der Waals surface area contributed by atoms with Crippen LogP contribution in [0.2, 0.25) is 0 Å². The Labute approximate surface area is 178 Å². The molecule has 1 aromatic carbocycles. The molecule has 10 heteroatoms. The van der Waals surface area contributed by atoms with Crippen LogP contribution >= 0.6 is 0 Å². The second-order valence-corrected chi connectivity index (χ2v) is 8.83. The minimum absolute atomic E-state index is 0.222. The number of nitrogens with one attached hydrogen (secondary N) is 2. The first-order valence-corrected chi connectivity index (χ1v) is 10.6. The highest BCUT2D eigenvalue weighted by Crippen LogP contribution is 2.28. The number of anilines is 1. The number of nitrogens with zero attached hydrogens (tertiary/aromatic N) is 3. The molecule has 4 aromatic rings. The maximum atomic E-state index is 15.1. The molecule has 158 valence electrons. The zero-order chi connectivity index (χ0) is 22.2. The molecular formula is C21H18FN5O3S. The molecule has 0 bridgehead atoms. The number of benzene rings is 1. The van der Waals surface area contributed by atoms with Crippen LogP contribution in [0.25, 0.3) is 22.2 Å². The Bertz CT molecular complexity index is 1380. The molecular weight excluding hydrogens is 421 g/mol. The van der Waals surface area contributed by atoms with Gasteiger partial charge in [-0.3, -0.25) is 14.5 Å². The number of fused-ring (bicyclic) bond motifs is 1. The third kappa shape index (κ3) is 3.90. The first kappa shape index (κ1) is 20.6. The summed E-state index contributed by atoms with van der Waals surface area (Å²) in [5.74, 6) is -1.55. The number of hydrogen-bond donors (Lipinski definition) is 2. The molecule has 0 atom stereocenters. The number of pyridine rings is 2. The lowest BCUT2D eigenvalue weighted by atomic mass is 10.0. The van der Waals surface area contributed by atoms with Gasteiger partial charge in [0.15, 0.2) is 11.6 Å². The Balaban J connectivity index is 1.76. The molecule has 4 rings (SSSR count). The first-order chi connectivity index (χ1) is 14.8. The predicted octanol–water partition coefficient (Wildman–Crippen LogP) is 3.21. The topological polar surface area (TPSA) is 108 Å². The molecule has 0 amide bonds. The summed E-state index contributed by atoms with van der Waals surface area (Å²) < 4.78 is 42.2. The van der Waals surface area contributed by atoms with Crippen LogP contribution < -0.4 is 4.72 Å². The summed E-state index contributed by atoms with van der Waals surface area (Å²) in [6.45, 7) is 0. The highest BCUT2D eigenvalue weighted by molar-refractivity contribution is 7.90. The quantitative estimate of drug-likeness (QED) is 0.449. The van der Waals surface area contributed by atoms with Crippen LogP contribution in [-0.2, 0) is 10.2 Å². The summed E-state index contributed by atoms with van der Waals surface area (Å²) in [6, 6.07) is 9.41. The molecule has 0 radical (unpaired) electrons. The minimum atomic E-state index is -3.93. The number of carbonyl (C=O) groups is 1. The number of halogens is 1. The van der Waals surface area contributed by atoms with Gasteiger partial charge in [0.25, 0.3) is 0 Å². The normalized spacial score (nSPS) is 11.7. The molecule has 3 heterocycles. The standard InChI is InChI=1S/C21H18FN5O3S/c1-27(2)31(29,30)26-18-7-3-6-15(19(18)22)20(28)17-12-25-21-16(17)9-14(11-24-21)13-5-4-8-23-10-13/h3-12,26H,1-2H3,(H,24,25). The Morgan fingerprint density at radius 2 is 1.90 bits per heavy atom. The Morgan fingerprint density at radius 3 is 2.61 bits per heavy atom. The van der Waals surface area contributed by atoms with Crippen molar-refractivity contribution in [3.05, 3.63) is 78.1 Å². The van der Waals surface area contributed by atoms with Gasteiger partial charge in [-0.25, -0.2) is 9.37 Å². The van der Waals surface area contributed by atoms with Gasteiger partial charge in [0.1, 0.15) is 5.65 Å². The zero-order valence-corrected chi connectivity index (χ0v) is 17.4. The zero-order valence-electron chi connectivity index (χ0n) is 16.6. The molecule has 8 nitrogen and oxygen atoms in total. The summed E-state index contributed by atoms with van der Waals surface area (Å²) in [6.07, 6.45) is 6.45. The number of carbonyl (C=O) groups excluding carboxylic acids is 1. The van der Waals surface area contributed by atoms with Gasteiger partial charge in [0, 0.05) is 61.0 Å². The number of ketones is 1. The third-order valence-corrected chi connectivity index (χ3v) is 6.17. The fraction of sp³-hybridized carbons (Fsp3) is 0.0952. The molecule has 3 aromatic heterocycles. The van der Waals surface area contributed by atoms with Gasteiger partial charge in [-0.1, -0.05) is 12.1 Å². The van der Waals surface area contributed by atoms with Gasteiger partial charge in [0.2, 0.25) is 0 Å². The van der Waals surface area contributed by atoms with Crippen LogP contribution in [0, 0.1) is 5.82 Å². The van der Waals surface area contributed by atoms with Crippen LogP contribution in [-0.4, -0.2) is 47.6 Å². The number of aromatic nitrogens is 3. The second-order valence-electron chi connectivity index (χ2n) is 6.95. The van der Waals surface area contributed by atoms with E-state index in [-0.39, 0.29) is 16.8 Å². The Morgan fingerprint density at radius 1 is 1.10 bits per heavy atom. The lowest BCUT2D eigenvalue weighted by Crippen LogP contribution is -2.29. The van der Waals surface area contributed by atoms with Gasteiger partial charge in [-0.2, -0.15) is 12.7 Å². The fourth-order valence-electron chi connectivity index (χ4n) is 3.04. The van der Waals surface area contributed by atoms with E-state index in [9.17, 15) is 13.2 Å². The van der Waals surface area contributed by atoms with E-state index in [1.807, 2.05) is 6.07 Å². The van der Waals surface area contributed by atoms with Crippen molar-refractivity contribution in [3.63, 3.8) is 0 Å². The maximum absolute atomic E-state index is 15.1. The second kappa shape index (κ2) is 7.89. The fourth-order valence-corrected chi connectivity index (χ4v) is 3.66. The average molecular weight is 439 g/mol. The van der Waals surface area contributed by atoms with Crippen molar-refractivity contribution in [1.82, 2.24) is 19.3 Å². The molecule has 2 N–H and O–H groups in total. The molecule has 31 heavy (non-hydrogen) atoms. The van der Waals surface area contributed by atoms with E-state index in [1.54, 1.807) is 30.7 Å². The number of aromatic amines is 1. The maximum Gasteiger partial charge on any atom is 0.301 e. The molecule has 0 saturated heterocycles. The van der Waals surface area contributed by atoms with Crippen molar-refractivity contribution in [2.24, 2.45) is 0 Å². The van der Waals surface area contributed by atoms with Crippen LogP contribution in [0.3, 0.4) is 0 Å². The molecule has 0 aliphatic rings. The highest BCUT2D eigenvalue weighted by Gasteiger charge is 2.23. The number of H-pyrrole nitrogens is 1. The number of hydrogen-bond acceptors (Lipinski definition) is 5. The van der Waals surface area contributed by atoms with Crippen LogP contribution in [0.1, 0.15) is 15.9 Å². The van der Waals surface area contributed by atoms with Crippen molar-refractivity contribution in [2.75, 3.05) is 18.8 Å². The van der Waals surface area contributed by atoms with Gasteiger partial charge in [-0.15, -0.1) is 0 Å². The monoisotopic (exact) mass is 439 g/mol. The number of rotatable bonds is 6. The third-order valence-electron chi connectivity index (χ3n) is 4.73. The van der Waals surface area contributed by atoms with Gasteiger partial charge in [-0.05, 0) is 24.3 Å². The van der Waals surface area contributed by atoms with Gasteiger partial charge >= 0.3 is 10.2 Å². The molecule has 0 unspecified atom stereocenters. The van der Waals surface area contributed by atoms with Crippen LogP contribution in [0.15, 0.2) is 61.2 Å². The van der Waals surface area contributed by atoms with Gasteiger partial charge in [0.05, 0.1) is 11.3 Å².